The van der Waals surface area contributed by atoms with Gasteiger partial charge in [0.15, 0.2) is 5.79 Å². The number of methoxy groups -OCH3 is 2. The van der Waals surface area contributed by atoms with Crippen LogP contribution in [0.2, 0.25) is 0 Å². The molecule has 0 aromatic rings. The lowest BCUT2D eigenvalue weighted by Crippen LogP contribution is -2.35. The normalized spacial score (nSPS) is 16.7. The van der Waals surface area contributed by atoms with E-state index >= 15 is 0 Å². The Kier molecular flexibility index (Phi) is 17.6. The Hall–Kier alpha value is -0.200. The Bertz CT molecular complexity index is 148. The lowest BCUT2D eigenvalue weighted by Gasteiger charge is -2.34. The van der Waals surface area contributed by atoms with Gasteiger partial charge in [-0.1, -0.05) is 6.42 Å². The molecule has 2 N–H and O–H groups in total. The summed E-state index contributed by atoms with van der Waals surface area (Å²) in [6.45, 7) is 5.42. The minimum atomic E-state index is -0.238. The van der Waals surface area contributed by atoms with E-state index < -0.39 is 0 Å². The SMILES string of the molecule is CCOCC.COC1(OC)CCCCC1.OCCO. The highest BCUT2D eigenvalue weighted by Gasteiger charge is 2.30. The summed E-state index contributed by atoms with van der Waals surface area (Å²) in [4.78, 5) is 0. The van der Waals surface area contributed by atoms with Crippen molar-refractivity contribution in [3.05, 3.63) is 0 Å². The van der Waals surface area contributed by atoms with Crippen LogP contribution in [0.15, 0.2) is 0 Å². The molecular weight excluding hydrogens is 248 g/mol. The molecule has 0 saturated heterocycles. The van der Waals surface area contributed by atoms with Gasteiger partial charge in [0.1, 0.15) is 0 Å². The van der Waals surface area contributed by atoms with E-state index in [0.717, 1.165) is 26.1 Å². The van der Waals surface area contributed by atoms with Gasteiger partial charge in [-0.25, -0.2) is 0 Å². The van der Waals surface area contributed by atoms with E-state index in [-0.39, 0.29) is 19.0 Å². The molecule has 5 heteroatoms. The molecule has 19 heavy (non-hydrogen) atoms. The van der Waals surface area contributed by atoms with E-state index in [2.05, 4.69) is 0 Å². The maximum Gasteiger partial charge on any atom is 0.167 e. The van der Waals surface area contributed by atoms with Crippen LogP contribution in [0.5, 0.6) is 0 Å². The van der Waals surface area contributed by atoms with Crippen LogP contribution in [0.3, 0.4) is 0 Å². The minimum absolute atomic E-state index is 0.125. The summed E-state index contributed by atoms with van der Waals surface area (Å²) in [5.74, 6) is -0.238. The first-order valence-electron chi connectivity index (χ1n) is 7.06. The standard InChI is InChI=1S/C8H16O2.C4H10O.C2H6O2/c1-9-8(10-2)6-4-3-5-7-8;1-3-5-4-2;3-1-2-4/h3-7H2,1-2H3;3-4H2,1-2H3;3-4H,1-2H2. The third kappa shape index (κ3) is 12.6. The van der Waals surface area contributed by atoms with Crippen molar-refractivity contribution in [2.24, 2.45) is 0 Å². The third-order valence-corrected chi connectivity index (χ3v) is 2.87. The quantitative estimate of drug-likeness (QED) is 0.753. The van der Waals surface area contributed by atoms with Crippen LogP contribution in [0.1, 0.15) is 46.0 Å². The van der Waals surface area contributed by atoms with Gasteiger partial charge in [-0.15, -0.1) is 0 Å². The van der Waals surface area contributed by atoms with Gasteiger partial charge in [-0.2, -0.15) is 0 Å². The van der Waals surface area contributed by atoms with Crippen LogP contribution >= 0.6 is 0 Å². The zero-order valence-electron chi connectivity index (χ0n) is 13.0. The lowest BCUT2D eigenvalue weighted by atomic mass is 9.94. The highest BCUT2D eigenvalue weighted by Crippen LogP contribution is 2.31. The van der Waals surface area contributed by atoms with Crippen LogP contribution in [-0.4, -0.2) is 56.6 Å². The second kappa shape index (κ2) is 15.9. The number of aliphatic hydroxyl groups is 2. The average molecular weight is 280 g/mol. The molecule has 1 fully saturated rings. The maximum atomic E-state index is 7.62. The zero-order valence-corrected chi connectivity index (χ0v) is 13.0. The van der Waals surface area contributed by atoms with Crippen molar-refractivity contribution < 1.29 is 24.4 Å². The second-order valence-electron chi connectivity index (χ2n) is 4.11. The number of aliphatic hydroxyl groups excluding tert-OH is 2. The molecule has 0 heterocycles. The van der Waals surface area contributed by atoms with Crippen LogP contribution in [0, 0.1) is 0 Å². The predicted octanol–water partition coefficient (Wildman–Crippen LogP) is 1.95. The molecule has 5 nitrogen and oxygen atoms in total. The molecule has 0 unspecified atom stereocenters. The molecule has 0 radical (unpaired) electrons. The van der Waals surface area contributed by atoms with E-state index in [4.69, 9.17) is 24.4 Å². The Balaban J connectivity index is 0. The van der Waals surface area contributed by atoms with Gasteiger partial charge in [0.2, 0.25) is 0 Å². The summed E-state index contributed by atoms with van der Waals surface area (Å²) in [6, 6.07) is 0. The lowest BCUT2D eigenvalue weighted by molar-refractivity contribution is -0.222. The molecule has 0 aromatic carbocycles. The molecule has 1 aliphatic rings. The van der Waals surface area contributed by atoms with E-state index in [1.165, 1.54) is 19.3 Å². The van der Waals surface area contributed by atoms with Crippen LogP contribution in [-0.2, 0) is 14.2 Å². The third-order valence-electron chi connectivity index (χ3n) is 2.87. The molecule has 118 valence electrons. The molecule has 1 saturated carbocycles. The Morgan fingerprint density at radius 2 is 1.26 bits per heavy atom. The van der Waals surface area contributed by atoms with Crippen LogP contribution in [0.4, 0.5) is 0 Å². The Morgan fingerprint density at radius 3 is 1.42 bits per heavy atom. The molecular formula is C14H32O5. The van der Waals surface area contributed by atoms with E-state index in [1.54, 1.807) is 14.2 Å². The van der Waals surface area contributed by atoms with E-state index in [9.17, 15) is 0 Å². The van der Waals surface area contributed by atoms with Crippen molar-refractivity contribution in [2.75, 3.05) is 40.6 Å². The van der Waals surface area contributed by atoms with Gasteiger partial charge in [0.05, 0.1) is 13.2 Å². The van der Waals surface area contributed by atoms with Crippen molar-refractivity contribution in [3.8, 4) is 0 Å². The van der Waals surface area contributed by atoms with Gasteiger partial charge in [-0.05, 0) is 26.7 Å². The zero-order chi connectivity index (χ0) is 15.0. The van der Waals surface area contributed by atoms with Gasteiger partial charge in [0, 0.05) is 40.3 Å². The monoisotopic (exact) mass is 280 g/mol. The van der Waals surface area contributed by atoms with E-state index in [1.807, 2.05) is 13.8 Å². The largest absolute Gasteiger partial charge is 0.394 e. The molecule has 0 bridgehead atoms. The number of rotatable bonds is 5. The number of ether oxygens (including phenoxy) is 3. The fraction of sp³-hybridized carbons (Fsp3) is 1.00. The van der Waals surface area contributed by atoms with Gasteiger partial charge < -0.3 is 24.4 Å². The highest BCUT2D eigenvalue weighted by molar-refractivity contribution is 4.73. The number of hydrogen-bond donors (Lipinski definition) is 2. The fourth-order valence-corrected chi connectivity index (χ4v) is 1.79. The van der Waals surface area contributed by atoms with Crippen molar-refractivity contribution in [2.45, 2.75) is 51.7 Å². The van der Waals surface area contributed by atoms with Gasteiger partial charge >= 0.3 is 0 Å². The maximum absolute atomic E-state index is 7.62. The summed E-state index contributed by atoms with van der Waals surface area (Å²) >= 11 is 0. The molecule has 1 aliphatic carbocycles. The first-order valence-corrected chi connectivity index (χ1v) is 7.06. The van der Waals surface area contributed by atoms with Crippen molar-refractivity contribution in [1.29, 1.82) is 0 Å². The molecule has 0 spiro atoms. The Labute approximate surface area is 117 Å². The Morgan fingerprint density at radius 1 is 0.842 bits per heavy atom. The average Bonchev–Trinajstić information content (AvgIpc) is 2.49. The molecule has 0 atom stereocenters. The van der Waals surface area contributed by atoms with Crippen LogP contribution in [0.25, 0.3) is 0 Å². The first kappa shape index (κ1) is 21.1. The molecule has 1 rings (SSSR count). The summed E-state index contributed by atoms with van der Waals surface area (Å²) in [6.07, 6.45) is 5.91. The van der Waals surface area contributed by atoms with Crippen molar-refractivity contribution in [3.63, 3.8) is 0 Å². The first-order chi connectivity index (χ1) is 9.16. The summed E-state index contributed by atoms with van der Waals surface area (Å²) in [5.41, 5.74) is 0. The van der Waals surface area contributed by atoms with Gasteiger partial charge in [0.25, 0.3) is 0 Å². The summed E-state index contributed by atoms with van der Waals surface area (Å²) in [7, 11) is 3.46. The van der Waals surface area contributed by atoms with Crippen molar-refractivity contribution >= 4 is 0 Å². The second-order valence-corrected chi connectivity index (χ2v) is 4.11. The topological polar surface area (TPSA) is 68.2 Å². The predicted molar refractivity (Wildman–Crippen MR) is 76.2 cm³/mol. The van der Waals surface area contributed by atoms with Crippen LogP contribution < -0.4 is 0 Å². The fourth-order valence-electron chi connectivity index (χ4n) is 1.79. The molecule has 0 amide bonds. The summed E-state index contributed by atoms with van der Waals surface area (Å²) < 4.78 is 15.4. The molecule has 0 aromatic heterocycles. The summed E-state index contributed by atoms with van der Waals surface area (Å²) in [5, 5.41) is 15.2. The van der Waals surface area contributed by atoms with Gasteiger partial charge in [-0.3, -0.25) is 0 Å². The van der Waals surface area contributed by atoms with Crippen molar-refractivity contribution in [1.82, 2.24) is 0 Å². The number of hydrogen-bond acceptors (Lipinski definition) is 5. The highest BCUT2D eigenvalue weighted by atomic mass is 16.7. The molecule has 0 aliphatic heterocycles. The minimum Gasteiger partial charge on any atom is -0.394 e. The van der Waals surface area contributed by atoms with E-state index in [0.29, 0.717) is 0 Å². The smallest absolute Gasteiger partial charge is 0.167 e.